The van der Waals surface area contributed by atoms with Crippen molar-refractivity contribution in [1.29, 1.82) is 0 Å². The smallest absolute Gasteiger partial charge is 0.200 e. The Morgan fingerprint density at radius 2 is 0.868 bits per heavy atom. The van der Waals surface area contributed by atoms with Crippen LogP contribution in [-0.4, -0.2) is 28.3 Å². The zero-order valence-corrected chi connectivity index (χ0v) is 22.9. The van der Waals surface area contributed by atoms with Crippen molar-refractivity contribution in [3.05, 3.63) is 107 Å². The zero-order chi connectivity index (χ0) is 27.2. The van der Waals surface area contributed by atoms with Gasteiger partial charge in [-0.05, 0) is 87.1 Å². The summed E-state index contributed by atoms with van der Waals surface area (Å²) in [7, 11) is -7.69. The second-order valence-electron chi connectivity index (χ2n) is 9.17. The van der Waals surface area contributed by atoms with Crippen LogP contribution in [0.5, 0.6) is 0 Å². The van der Waals surface area contributed by atoms with Gasteiger partial charge in [0.05, 0.1) is 21.2 Å². The molecule has 0 saturated carbocycles. The number of rotatable bonds is 6. The van der Waals surface area contributed by atoms with Gasteiger partial charge in [0.25, 0.3) is 20.0 Å². The Hall–Kier alpha value is -3.76. The molecule has 3 aromatic rings. The fourth-order valence-electron chi connectivity index (χ4n) is 3.74. The third-order valence-corrected chi connectivity index (χ3v) is 8.56. The van der Waals surface area contributed by atoms with Gasteiger partial charge in [0.1, 0.15) is 0 Å². The summed E-state index contributed by atoms with van der Waals surface area (Å²) in [6.45, 7) is 3.76. The van der Waals surface area contributed by atoms with E-state index >= 15 is 0 Å². The second-order valence-corrected chi connectivity index (χ2v) is 12.5. The van der Waals surface area contributed by atoms with Crippen molar-refractivity contribution >= 4 is 31.5 Å². The standard InChI is InChI=1S/C28H30N4O4S2/c1-21-3-17-27(18-4-21)37(33,34)31-29-25-13-11-23-7-9-24(10-8-23)12-14-26(16-15-25)30-32-38(35,36)28-19-5-22(2)6-20-28/h3-10,15-20,31-32H,11-14H2,1-2H3/b16-15-,29-25-,30-26+. The number of allylic oxidation sites excluding steroid dienone is 2. The van der Waals surface area contributed by atoms with Gasteiger partial charge in [-0.25, -0.2) is 0 Å². The summed E-state index contributed by atoms with van der Waals surface area (Å²) in [5.41, 5.74) is 5.09. The molecule has 10 heteroatoms. The highest BCUT2D eigenvalue weighted by atomic mass is 32.2. The molecule has 0 unspecified atom stereocenters. The number of nitrogens with zero attached hydrogens (tertiary/aromatic N) is 2. The van der Waals surface area contributed by atoms with E-state index in [4.69, 9.17) is 0 Å². The lowest BCUT2D eigenvalue weighted by molar-refractivity contribution is 0.582. The molecule has 2 aliphatic rings. The van der Waals surface area contributed by atoms with Gasteiger partial charge in [0, 0.05) is 0 Å². The van der Waals surface area contributed by atoms with E-state index in [9.17, 15) is 16.8 Å². The van der Waals surface area contributed by atoms with E-state index in [1.165, 1.54) is 24.3 Å². The summed E-state index contributed by atoms with van der Waals surface area (Å²) in [6, 6.07) is 21.1. The van der Waals surface area contributed by atoms with Crippen molar-refractivity contribution in [2.45, 2.75) is 49.3 Å². The normalized spacial score (nSPS) is 17.5. The van der Waals surface area contributed by atoms with Gasteiger partial charge in [0.2, 0.25) is 0 Å². The monoisotopic (exact) mass is 550 g/mol. The Labute approximate surface area is 224 Å². The number of benzene rings is 3. The van der Waals surface area contributed by atoms with Crippen molar-refractivity contribution in [2.24, 2.45) is 10.2 Å². The minimum atomic E-state index is -3.85. The Bertz CT molecular complexity index is 1450. The third kappa shape index (κ3) is 7.39. The van der Waals surface area contributed by atoms with Crippen molar-refractivity contribution in [2.75, 3.05) is 0 Å². The van der Waals surface area contributed by atoms with Crippen LogP contribution in [0.15, 0.2) is 105 Å². The molecule has 0 atom stereocenters. The Morgan fingerprint density at radius 3 is 1.21 bits per heavy atom. The number of aryl methyl sites for hydroxylation is 4. The van der Waals surface area contributed by atoms with E-state index < -0.39 is 20.0 Å². The molecule has 0 amide bonds. The first-order valence-corrected chi connectivity index (χ1v) is 15.1. The van der Waals surface area contributed by atoms with Crippen LogP contribution >= 0.6 is 0 Å². The largest absolute Gasteiger partial charge is 0.276 e. The lowest BCUT2D eigenvalue weighted by Gasteiger charge is -2.10. The van der Waals surface area contributed by atoms with Crippen LogP contribution in [0.4, 0.5) is 0 Å². The first-order valence-electron chi connectivity index (χ1n) is 12.2. The summed E-state index contributed by atoms with van der Waals surface area (Å²) in [5, 5.41) is 8.39. The minimum Gasteiger partial charge on any atom is -0.200 e. The molecule has 0 saturated heterocycles. The average Bonchev–Trinajstić information content (AvgIpc) is 2.89. The molecule has 38 heavy (non-hydrogen) atoms. The van der Waals surface area contributed by atoms with Crippen LogP contribution in [0.3, 0.4) is 0 Å². The summed E-state index contributed by atoms with van der Waals surface area (Å²) < 4.78 is 51.0. The predicted octanol–water partition coefficient (Wildman–Crippen LogP) is 4.41. The van der Waals surface area contributed by atoms with E-state index in [0.29, 0.717) is 37.1 Å². The molecule has 2 N–H and O–H groups in total. The number of fused-ring (bicyclic) bond motifs is 8. The molecular formula is C28H30N4O4S2. The second kappa shape index (κ2) is 11.7. The highest BCUT2D eigenvalue weighted by Crippen LogP contribution is 2.14. The van der Waals surface area contributed by atoms with Crippen LogP contribution < -0.4 is 9.66 Å². The number of sulfonamides is 2. The van der Waals surface area contributed by atoms with Gasteiger partial charge in [-0.15, -0.1) is 0 Å². The first kappa shape index (κ1) is 27.3. The van der Waals surface area contributed by atoms with Gasteiger partial charge in [0.15, 0.2) is 0 Å². The van der Waals surface area contributed by atoms with Crippen LogP contribution in [0.2, 0.25) is 0 Å². The molecule has 0 fully saturated rings. The topological polar surface area (TPSA) is 117 Å². The lowest BCUT2D eigenvalue weighted by Crippen LogP contribution is -2.21. The Morgan fingerprint density at radius 1 is 0.526 bits per heavy atom. The molecule has 0 aliphatic heterocycles. The SMILES string of the molecule is Cc1ccc(S(=O)(=O)N\N=C2/C=C\C(=N\NS(=O)(=O)c3ccc(C)cc3)CCc3ccc(cc3)CC2)cc1. The molecule has 3 aromatic carbocycles. The van der Waals surface area contributed by atoms with Crippen LogP contribution in [0, 0.1) is 13.8 Å². The predicted molar refractivity (Wildman–Crippen MR) is 150 cm³/mol. The molecule has 0 aromatic heterocycles. The maximum absolute atomic E-state index is 12.8. The summed E-state index contributed by atoms with van der Waals surface area (Å²) in [4.78, 5) is 4.89. The average molecular weight is 551 g/mol. The molecule has 5 rings (SSSR count). The van der Waals surface area contributed by atoms with Crippen LogP contribution in [0.25, 0.3) is 0 Å². The molecule has 8 nitrogen and oxygen atoms in total. The highest BCUT2D eigenvalue weighted by Gasteiger charge is 2.14. The number of nitrogens with one attached hydrogen (secondary N) is 2. The van der Waals surface area contributed by atoms with E-state index in [2.05, 4.69) is 19.9 Å². The molecule has 0 spiro atoms. The van der Waals surface area contributed by atoms with Gasteiger partial charge in [-0.1, -0.05) is 59.7 Å². The van der Waals surface area contributed by atoms with E-state index in [1.807, 2.05) is 38.1 Å². The number of hydrazone groups is 2. The maximum atomic E-state index is 12.8. The number of hydrogen-bond donors (Lipinski definition) is 2. The fourth-order valence-corrected chi connectivity index (χ4v) is 5.41. The van der Waals surface area contributed by atoms with E-state index in [-0.39, 0.29) is 9.79 Å². The first-order chi connectivity index (χ1) is 18.1. The van der Waals surface area contributed by atoms with E-state index in [0.717, 1.165) is 22.3 Å². The Balaban J connectivity index is 1.61. The summed E-state index contributed by atoms with van der Waals surface area (Å²) in [6.07, 6.45) is 5.59. The van der Waals surface area contributed by atoms with Crippen LogP contribution in [0.1, 0.15) is 35.1 Å². The fraction of sp³-hybridized carbons (Fsp3) is 0.214. The molecule has 2 aliphatic carbocycles. The molecule has 0 heterocycles. The molecule has 198 valence electrons. The van der Waals surface area contributed by atoms with Gasteiger partial charge < -0.3 is 0 Å². The van der Waals surface area contributed by atoms with E-state index in [1.54, 1.807) is 36.4 Å². The molecule has 0 radical (unpaired) electrons. The van der Waals surface area contributed by atoms with Crippen molar-refractivity contribution < 1.29 is 16.8 Å². The quantitative estimate of drug-likeness (QED) is 0.442. The highest BCUT2D eigenvalue weighted by molar-refractivity contribution is 7.89. The maximum Gasteiger partial charge on any atom is 0.276 e. The van der Waals surface area contributed by atoms with Gasteiger partial charge in [-0.2, -0.15) is 36.7 Å². The summed E-state index contributed by atoms with van der Waals surface area (Å²) in [5.74, 6) is 0. The van der Waals surface area contributed by atoms with Gasteiger partial charge >= 0.3 is 0 Å². The third-order valence-electron chi connectivity index (χ3n) is 6.11. The van der Waals surface area contributed by atoms with Crippen LogP contribution in [-0.2, 0) is 32.9 Å². The summed E-state index contributed by atoms with van der Waals surface area (Å²) >= 11 is 0. The Kier molecular flexibility index (Phi) is 8.43. The zero-order valence-electron chi connectivity index (χ0n) is 21.3. The van der Waals surface area contributed by atoms with Crippen molar-refractivity contribution in [3.63, 3.8) is 0 Å². The van der Waals surface area contributed by atoms with Crippen molar-refractivity contribution in [3.8, 4) is 0 Å². The minimum absolute atomic E-state index is 0.118. The van der Waals surface area contributed by atoms with Gasteiger partial charge in [-0.3, -0.25) is 0 Å². The van der Waals surface area contributed by atoms with Crippen molar-refractivity contribution in [1.82, 2.24) is 9.66 Å². The molecular weight excluding hydrogens is 520 g/mol. The number of hydrogen-bond acceptors (Lipinski definition) is 6. The lowest BCUT2D eigenvalue weighted by atomic mass is 10.00. The molecule has 2 bridgehead atoms.